The first kappa shape index (κ1) is 29.5. The molecule has 1 aromatic heterocycles. The van der Waals surface area contributed by atoms with Crippen molar-refractivity contribution in [3.05, 3.63) is 187 Å². The number of benzene rings is 8. The first-order chi connectivity index (χ1) is 25.0. The van der Waals surface area contributed by atoms with E-state index in [1.165, 1.54) is 38.8 Å². The Morgan fingerprint density at radius 3 is 1.82 bits per heavy atom. The van der Waals surface area contributed by atoms with Gasteiger partial charge in [-0.3, -0.25) is 0 Å². The van der Waals surface area contributed by atoms with Gasteiger partial charge in [-0.05, 0) is 104 Å². The van der Waals surface area contributed by atoms with Gasteiger partial charge in [0.1, 0.15) is 11.2 Å². The Labute approximate surface area is 297 Å². The summed E-state index contributed by atoms with van der Waals surface area (Å²) in [7, 11) is 0. The summed E-state index contributed by atoms with van der Waals surface area (Å²) in [6.45, 7) is 4.68. The van der Waals surface area contributed by atoms with E-state index in [4.69, 9.17) is 4.42 Å². The van der Waals surface area contributed by atoms with Crippen molar-refractivity contribution < 1.29 is 4.42 Å². The fourth-order valence-electron chi connectivity index (χ4n) is 8.29. The second-order valence-corrected chi connectivity index (χ2v) is 14.1. The lowest BCUT2D eigenvalue weighted by Gasteiger charge is -2.28. The minimum atomic E-state index is -0.0706. The van der Waals surface area contributed by atoms with Crippen molar-refractivity contribution in [3.8, 4) is 33.4 Å². The third kappa shape index (κ3) is 4.64. The molecule has 8 aromatic carbocycles. The van der Waals surface area contributed by atoms with Gasteiger partial charge in [-0.25, -0.2) is 0 Å². The van der Waals surface area contributed by atoms with Crippen LogP contribution in [0.15, 0.2) is 180 Å². The first-order valence-electron chi connectivity index (χ1n) is 17.7. The van der Waals surface area contributed by atoms with E-state index in [2.05, 4.69) is 195 Å². The number of furan rings is 1. The Morgan fingerprint density at radius 1 is 0.392 bits per heavy atom. The molecule has 242 valence electrons. The Kier molecular flexibility index (Phi) is 6.56. The number of fused-ring (bicyclic) bond motifs is 8. The molecule has 0 fully saturated rings. The van der Waals surface area contributed by atoms with Crippen LogP contribution in [0.1, 0.15) is 25.0 Å². The van der Waals surface area contributed by atoms with E-state index in [1.807, 2.05) is 0 Å². The third-order valence-electron chi connectivity index (χ3n) is 10.9. The smallest absolute Gasteiger partial charge is 0.143 e. The van der Waals surface area contributed by atoms with Crippen LogP contribution in [0.3, 0.4) is 0 Å². The molecule has 2 heteroatoms. The van der Waals surface area contributed by atoms with Crippen LogP contribution in [0.2, 0.25) is 0 Å². The minimum Gasteiger partial charge on any atom is -0.455 e. The number of hydrogen-bond donors (Lipinski definition) is 0. The maximum atomic E-state index is 6.66. The van der Waals surface area contributed by atoms with Crippen LogP contribution in [-0.2, 0) is 5.41 Å². The van der Waals surface area contributed by atoms with E-state index in [0.29, 0.717) is 0 Å². The Morgan fingerprint density at radius 2 is 1.02 bits per heavy atom. The molecule has 0 aliphatic heterocycles. The van der Waals surface area contributed by atoms with Crippen LogP contribution in [0, 0.1) is 0 Å². The SMILES string of the molecule is CC1(C)c2ccccc2-c2ccc(N(c3ccccc3)c3ccc(-c4ccc5c(c4)oc4c6ccccc6c(-c6ccccc6)cc54)cc3)cc21. The minimum absolute atomic E-state index is 0.0706. The van der Waals surface area contributed by atoms with Gasteiger partial charge >= 0.3 is 0 Å². The van der Waals surface area contributed by atoms with Crippen molar-refractivity contribution in [1.29, 1.82) is 0 Å². The largest absolute Gasteiger partial charge is 0.455 e. The molecule has 1 aliphatic carbocycles. The van der Waals surface area contributed by atoms with Gasteiger partial charge < -0.3 is 9.32 Å². The summed E-state index contributed by atoms with van der Waals surface area (Å²) in [4.78, 5) is 2.36. The second-order valence-electron chi connectivity index (χ2n) is 14.1. The highest BCUT2D eigenvalue weighted by atomic mass is 16.3. The first-order valence-corrected chi connectivity index (χ1v) is 17.7. The van der Waals surface area contributed by atoms with Crippen LogP contribution in [0.25, 0.3) is 66.1 Å². The molecule has 0 N–H and O–H groups in total. The van der Waals surface area contributed by atoms with Gasteiger partial charge in [-0.15, -0.1) is 0 Å². The molecule has 1 aliphatic rings. The molecular formula is C49H35NO. The summed E-state index contributed by atoms with van der Waals surface area (Å²) >= 11 is 0. The normalized spacial score (nSPS) is 13.1. The second kappa shape index (κ2) is 11.3. The van der Waals surface area contributed by atoms with Crippen LogP contribution in [-0.4, -0.2) is 0 Å². The molecule has 51 heavy (non-hydrogen) atoms. The number of rotatable bonds is 5. The fraction of sp³-hybridized carbons (Fsp3) is 0.0612. The molecular weight excluding hydrogens is 619 g/mol. The highest BCUT2D eigenvalue weighted by molar-refractivity contribution is 6.19. The zero-order chi connectivity index (χ0) is 34.1. The maximum Gasteiger partial charge on any atom is 0.143 e. The van der Waals surface area contributed by atoms with Gasteiger partial charge in [0.2, 0.25) is 0 Å². The van der Waals surface area contributed by atoms with E-state index < -0.39 is 0 Å². The van der Waals surface area contributed by atoms with Gasteiger partial charge in [0.25, 0.3) is 0 Å². The highest BCUT2D eigenvalue weighted by Gasteiger charge is 2.35. The number of hydrogen-bond acceptors (Lipinski definition) is 2. The lowest BCUT2D eigenvalue weighted by molar-refractivity contribution is 0.660. The molecule has 10 rings (SSSR count). The highest BCUT2D eigenvalue weighted by Crippen LogP contribution is 2.50. The van der Waals surface area contributed by atoms with Crippen molar-refractivity contribution in [2.24, 2.45) is 0 Å². The Hall–Kier alpha value is -6.38. The topological polar surface area (TPSA) is 16.4 Å². The molecule has 0 radical (unpaired) electrons. The fourth-order valence-corrected chi connectivity index (χ4v) is 8.29. The van der Waals surface area contributed by atoms with Gasteiger partial charge in [0, 0.05) is 38.6 Å². The van der Waals surface area contributed by atoms with Gasteiger partial charge in [0.15, 0.2) is 0 Å². The Balaban J connectivity index is 1.05. The lowest BCUT2D eigenvalue weighted by atomic mass is 9.82. The zero-order valence-corrected chi connectivity index (χ0v) is 28.6. The molecule has 0 unspecified atom stereocenters. The van der Waals surface area contributed by atoms with Crippen molar-refractivity contribution >= 4 is 49.8 Å². The molecule has 0 bridgehead atoms. The van der Waals surface area contributed by atoms with Crippen LogP contribution in [0.4, 0.5) is 17.1 Å². The van der Waals surface area contributed by atoms with Crippen molar-refractivity contribution in [2.75, 3.05) is 4.90 Å². The maximum absolute atomic E-state index is 6.66. The predicted octanol–water partition coefficient (Wildman–Crippen LogP) is 13.8. The summed E-state index contributed by atoms with van der Waals surface area (Å²) in [6.07, 6.45) is 0. The summed E-state index contributed by atoms with van der Waals surface area (Å²) in [5.74, 6) is 0. The van der Waals surface area contributed by atoms with E-state index in [9.17, 15) is 0 Å². The van der Waals surface area contributed by atoms with Crippen molar-refractivity contribution in [3.63, 3.8) is 0 Å². The molecule has 1 heterocycles. The summed E-state index contributed by atoms with van der Waals surface area (Å²) < 4.78 is 6.66. The summed E-state index contributed by atoms with van der Waals surface area (Å²) in [5, 5.41) is 4.61. The lowest BCUT2D eigenvalue weighted by Crippen LogP contribution is -2.16. The molecule has 0 saturated heterocycles. The monoisotopic (exact) mass is 653 g/mol. The Bertz CT molecular complexity index is 2760. The van der Waals surface area contributed by atoms with E-state index in [0.717, 1.165) is 55.5 Å². The van der Waals surface area contributed by atoms with E-state index in [-0.39, 0.29) is 5.41 Å². The molecule has 2 nitrogen and oxygen atoms in total. The summed E-state index contributed by atoms with van der Waals surface area (Å²) in [6, 6.07) is 63.5. The van der Waals surface area contributed by atoms with E-state index in [1.54, 1.807) is 0 Å². The van der Waals surface area contributed by atoms with E-state index >= 15 is 0 Å². The molecule has 0 amide bonds. The molecule has 0 saturated carbocycles. The zero-order valence-electron chi connectivity index (χ0n) is 28.6. The van der Waals surface area contributed by atoms with Crippen molar-refractivity contribution in [2.45, 2.75) is 19.3 Å². The van der Waals surface area contributed by atoms with Crippen LogP contribution >= 0.6 is 0 Å². The van der Waals surface area contributed by atoms with Gasteiger partial charge in [0.05, 0.1) is 0 Å². The predicted molar refractivity (Wildman–Crippen MR) is 214 cm³/mol. The molecule has 0 spiro atoms. The van der Waals surface area contributed by atoms with Gasteiger partial charge in [-0.2, -0.15) is 0 Å². The van der Waals surface area contributed by atoms with Crippen LogP contribution < -0.4 is 4.90 Å². The van der Waals surface area contributed by atoms with Crippen molar-refractivity contribution in [1.82, 2.24) is 0 Å². The average molecular weight is 654 g/mol. The number of para-hydroxylation sites is 1. The average Bonchev–Trinajstić information content (AvgIpc) is 3.67. The third-order valence-corrected chi connectivity index (χ3v) is 10.9. The van der Waals surface area contributed by atoms with Crippen LogP contribution in [0.5, 0.6) is 0 Å². The van der Waals surface area contributed by atoms with Gasteiger partial charge in [-0.1, -0.05) is 135 Å². The standard InChI is InChI=1S/C49H35NO/c1-49(2)45-20-12-11-18-39(45)40-28-26-37(30-46(40)49)50(35-15-7-4-8-16-35)36-24-21-32(22-25-36)34-23-27-41-44-31-43(33-13-5-3-6-14-33)38-17-9-10-19-42(38)48(44)51-47(41)29-34/h3-31H,1-2H3. The quantitative estimate of drug-likeness (QED) is 0.184. The molecule has 9 aromatic rings. The summed E-state index contributed by atoms with van der Waals surface area (Å²) in [5.41, 5.74) is 15.3. The number of nitrogens with zero attached hydrogens (tertiary/aromatic N) is 1. The molecule has 0 atom stereocenters. The number of anilines is 3.